The zero-order valence-corrected chi connectivity index (χ0v) is 12.9. The number of amides is 1. The lowest BCUT2D eigenvalue weighted by molar-refractivity contribution is -0.154. The summed E-state index contributed by atoms with van der Waals surface area (Å²) in [5, 5.41) is 2.33. The molecule has 1 heterocycles. The number of ether oxygens (including phenoxy) is 1. The first kappa shape index (κ1) is 17.2. The van der Waals surface area contributed by atoms with E-state index in [1.165, 1.54) is 18.2 Å². The molecule has 23 heavy (non-hydrogen) atoms. The van der Waals surface area contributed by atoms with Crippen LogP contribution in [-0.4, -0.2) is 23.7 Å². The maximum absolute atomic E-state index is 13.6. The van der Waals surface area contributed by atoms with Crippen molar-refractivity contribution in [3.8, 4) is 5.88 Å². The molecule has 1 amide bonds. The average Bonchev–Trinajstić information content (AvgIpc) is 2.48. The molecular weight excluding hydrogens is 384 g/mol. The number of hydrogen-bond donors (Lipinski definition) is 1. The summed E-state index contributed by atoms with van der Waals surface area (Å²) >= 11 is 3.09. The molecule has 0 aliphatic heterocycles. The molecule has 0 saturated heterocycles. The van der Waals surface area contributed by atoms with Gasteiger partial charge in [0.2, 0.25) is 5.88 Å². The van der Waals surface area contributed by atoms with Gasteiger partial charge in [-0.3, -0.25) is 4.79 Å². The van der Waals surface area contributed by atoms with E-state index in [9.17, 15) is 22.4 Å². The van der Waals surface area contributed by atoms with Crippen LogP contribution in [0.2, 0.25) is 0 Å². The van der Waals surface area contributed by atoms with E-state index in [4.69, 9.17) is 0 Å². The number of anilines is 1. The van der Waals surface area contributed by atoms with Crippen molar-refractivity contribution < 1.29 is 27.1 Å². The van der Waals surface area contributed by atoms with Gasteiger partial charge >= 0.3 is 6.18 Å². The van der Waals surface area contributed by atoms with Crippen LogP contribution in [0.4, 0.5) is 23.2 Å². The van der Waals surface area contributed by atoms with E-state index < -0.39 is 24.5 Å². The summed E-state index contributed by atoms with van der Waals surface area (Å²) in [5.41, 5.74) is 0.0160. The van der Waals surface area contributed by atoms with Gasteiger partial charge in [0.1, 0.15) is 5.82 Å². The van der Waals surface area contributed by atoms with Gasteiger partial charge in [-0.1, -0.05) is 15.9 Å². The quantitative estimate of drug-likeness (QED) is 0.794. The summed E-state index contributed by atoms with van der Waals surface area (Å²) in [6, 6.07) is 6.45. The Morgan fingerprint density at radius 2 is 2.00 bits per heavy atom. The molecule has 0 spiro atoms. The molecule has 1 N–H and O–H groups in total. The third-order valence-electron chi connectivity index (χ3n) is 2.56. The first-order valence-corrected chi connectivity index (χ1v) is 6.96. The molecule has 1 aromatic heterocycles. The molecule has 1 aromatic carbocycles. The molecule has 2 rings (SSSR count). The molecule has 0 fully saturated rings. The first-order valence-electron chi connectivity index (χ1n) is 6.16. The fourth-order valence-corrected chi connectivity index (χ4v) is 1.87. The molecule has 0 radical (unpaired) electrons. The van der Waals surface area contributed by atoms with Crippen molar-refractivity contribution in [1.29, 1.82) is 0 Å². The Morgan fingerprint density at radius 3 is 2.57 bits per heavy atom. The minimum absolute atomic E-state index is 0.0319. The number of hydrogen-bond acceptors (Lipinski definition) is 3. The number of nitrogens with one attached hydrogen (secondary N) is 1. The largest absolute Gasteiger partial charge is 0.468 e. The van der Waals surface area contributed by atoms with Crippen LogP contribution in [0.5, 0.6) is 5.88 Å². The van der Waals surface area contributed by atoms with Crippen LogP contribution in [0.3, 0.4) is 0 Å². The summed E-state index contributed by atoms with van der Waals surface area (Å²) in [6.07, 6.45) is -3.44. The van der Waals surface area contributed by atoms with Crippen molar-refractivity contribution in [3.05, 3.63) is 52.4 Å². The highest BCUT2D eigenvalue weighted by Crippen LogP contribution is 2.20. The fourth-order valence-electron chi connectivity index (χ4n) is 1.54. The van der Waals surface area contributed by atoms with Crippen molar-refractivity contribution in [1.82, 2.24) is 4.98 Å². The molecule has 2 aromatic rings. The van der Waals surface area contributed by atoms with E-state index in [1.807, 2.05) is 0 Å². The molecule has 0 aliphatic carbocycles. The Balaban J connectivity index is 2.02. The monoisotopic (exact) mass is 392 g/mol. The lowest BCUT2D eigenvalue weighted by Crippen LogP contribution is -2.19. The highest BCUT2D eigenvalue weighted by molar-refractivity contribution is 9.10. The highest BCUT2D eigenvalue weighted by Gasteiger charge is 2.28. The smallest absolute Gasteiger partial charge is 0.422 e. The van der Waals surface area contributed by atoms with Gasteiger partial charge in [-0.15, -0.1) is 0 Å². The van der Waals surface area contributed by atoms with Crippen molar-refractivity contribution in [2.24, 2.45) is 0 Å². The van der Waals surface area contributed by atoms with Gasteiger partial charge in [0, 0.05) is 16.7 Å². The number of benzene rings is 1. The Labute approximate surface area is 136 Å². The number of rotatable bonds is 4. The van der Waals surface area contributed by atoms with Gasteiger partial charge in [0.25, 0.3) is 5.91 Å². The van der Waals surface area contributed by atoms with Crippen LogP contribution in [0.25, 0.3) is 0 Å². The van der Waals surface area contributed by atoms with Crippen LogP contribution in [0.15, 0.2) is 41.0 Å². The van der Waals surface area contributed by atoms with E-state index in [2.05, 4.69) is 31.0 Å². The predicted molar refractivity (Wildman–Crippen MR) is 77.8 cm³/mol. The molecule has 0 aliphatic rings. The number of carbonyl (C=O) groups excluding carboxylic acids is 1. The summed E-state index contributed by atoms with van der Waals surface area (Å²) < 4.78 is 54.6. The summed E-state index contributed by atoms with van der Waals surface area (Å²) in [7, 11) is 0. The first-order chi connectivity index (χ1) is 10.7. The van der Waals surface area contributed by atoms with Crippen LogP contribution >= 0.6 is 15.9 Å². The van der Waals surface area contributed by atoms with Crippen LogP contribution < -0.4 is 10.1 Å². The van der Waals surface area contributed by atoms with Gasteiger partial charge in [-0.05, 0) is 24.3 Å². The number of nitrogens with zero attached hydrogens (tertiary/aromatic N) is 1. The van der Waals surface area contributed by atoms with E-state index in [-0.39, 0.29) is 17.1 Å². The molecule has 4 nitrogen and oxygen atoms in total. The van der Waals surface area contributed by atoms with Crippen molar-refractivity contribution >= 4 is 27.5 Å². The number of pyridine rings is 1. The maximum Gasteiger partial charge on any atom is 0.422 e. The van der Waals surface area contributed by atoms with Crippen molar-refractivity contribution in [3.63, 3.8) is 0 Å². The summed E-state index contributed by atoms with van der Waals surface area (Å²) in [6.45, 7) is -1.48. The Bertz CT molecular complexity index is 705. The Kier molecular flexibility index (Phi) is 5.19. The highest BCUT2D eigenvalue weighted by atomic mass is 79.9. The van der Waals surface area contributed by atoms with Gasteiger partial charge in [0.05, 0.1) is 11.3 Å². The van der Waals surface area contributed by atoms with Gasteiger partial charge in [0.15, 0.2) is 6.61 Å². The molecule has 122 valence electrons. The van der Waals surface area contributed by atoms with Crippen molar-refractivity contribution in [2.75, 3.05) is 11.9 Å². The number of halogens is 5. The second kappa shape index (κ2) is 6.95. The molecule has 0 bridgehead atoms. The maximum atomic E-state index is 13.6. The Morgan fingerprint density at radius 1 is 1.26 bits per heavy atom. The number of alkyl halides is 3. The lowest BCUT2D eigenvalue weighted by Gasteiger charge is -2.09. The predicted octanol–water partition coefficient (Wildman–Crippen LogP) is 4.18. The number of carbonyl (C=O) groups is 1. The minimum Gasteiger partial charge on any atom is -0.468 e. The SMILES string of the molecule is O=C(Nc1ccc(Br)cc1F)c1ccc(OCC(F)(F)F)nc1. The summed E-state index contributed by atoms with van der Waals surface area (Å²) in [5.74, 6) is -1.55. The molecule has 0 unspecified atom stereocenters. The Hall–Kier alpha value is -2.16. The fraction of sp³-hybridized carbons (Fsp3) is 0.143. The van der Waals surface area contributed by atoms with Crippen LogP contribution in [0.1, 0.15) is 10.4 Å². The number of aromatic nitrogens is 1. The third-order valence-corrected chi connectivity index (χ3v) is 3.05. The van der Waals surface area contributed by atoms with Gasteiger partial charge in [-0.25, -0.2) is 9.37 Å². The topological polar surface area (TPSA) is 51.2 Å². The van der Waals surface area contributed by atoms with E-state index in [0.29, 0.717) is 4.47 Å². The summed E-state index contributed by atoms with van der Waals surface area (Å²) in [4.78, 5) is 15.5. The molecular formula is C14H9BrF4N2O2. The van der Waals surface area contributed by atoms with E-state index in [1.54, 1.807) is 6.07 Å². The van der Waals surface area contributed by atoms with Crippen LogP contribution in [0, 0.1) is 5.82 Å². The molecule has 0 atom stereocenters. The van der Waals surface area contributed by atoms with Crippen molar-refractivity contribution in [2.45, 2.75) is 6.18 Å². The van der Waals surface area contributed by atoms with E-state index in [0.717, 1.165) is 12.3 Å². The molecule has 0 saturated carbocycles. The minimum atomic E-state index is -4.48. The third kappa shape index (κ3) is 5.20. The van der Waals surface area contributed by atoms with Crippen LogP contribution in [-0.2, 0) is 0 Å². The second-order valence-electron chi connectivity index (χ2n) is 4.37. The van der Waals surface area contributed by atoms with E-state index >= 15 is 0 Å². The lowest BCUT2D eigenvalue weighted by atomic mass is 10.2. The normalized spacial score (nSPS) is 11.2. The zero-order valence-electron chi connectivity index (χ0n) is 11.3. The van der Waals surface area contributed by atoms with Gasteiger partial charge < -0.3 is 10.1 Å². The second-order valence-corrected chi connectivity index (χ2v) is 5.28. The zero-order chi connectivity index (χ0) is 17.0. The standard InChI is InChI=1S/C14H9BrF4N2O2/c15-9-2-3-11(10(16)5-9)21-13(22)8-1-4-12(20-6-8)23-7-14(17,18)19/h1-6H,7H2,(H,21,22). The van der Waals surface area contributed by atoms with Gasteiger partial charge in [-0.2, -0.15) is 13.2 Å². The average molecular weight is 393 g/mol. The molecule has 9 heteroatoms.